The Morgan fingerprint density at radius 1 is 1.50 bits per heavy atom. The van der Waals surface area contributed by atoms with E-state index in [4.69, 9.17) is 11.6 Å². The van der Waals surface area contributed by atoms with E-state index in [1.807, 2.05) is 6.07 Å². The van der Waals surface area contributed by atoms with Crippen LogP contribution in [-0.2, 0) is 0 Å². The predicted molar refractivity (Wildman–Crippen MR) is 86.6 cm³/mol. The lowest BCUT2D eigenvalue weighted by atomic mass is 10.1. The first kappa shape index (κ1) is 14.6. The van der Waals surface area contributed by atoms with Crippen molar-refractivity contribution in [2.24, 2.45) is 5.92 Å². The first-order valence-electron chi connectivity index (χ1n) is 5.93. The topological polar surface area (TPSA) is 29.1 Å². The summed E-state index contributed by atoms with van der Waals surface area (Å²) in [5.41, 5.74) is 0.670. The Kier molecular flexibility index (Phi) is 5.33. The Morgan fingerprint density at radius 2 is 2.28 bits per heavy atom. The monoisotopic (exact) mass is 441 g/mol. The molecule has 18 heavy (non-hydrogen) atoms. The van der Waals surface area contributed by atoms with E-state index in [1.165, 1.54) is 12.8 Å². The summed E-state index contributed by atoms with van der Waals surface area (Å²) in [5.74, 6) is 0.533. The normalized spacial score (nSPS) is 23.1. The van der Waals surface area contributed by atoms with Crippen LogP contribution in [0, 0.1) is 9.49 Å². The van der Waals surface area contributed by atoms with Gasteiger partial charge in [0.25, 0.3) is 5.91 Å². The summed E-state index contributed by atoms with van der Waals surface area (Å²) in [4.78, 5) is 12.2. The van der Waals surface area contributed by atoms with Crippen LogP contribution in [0.25, 0.3) is 0 Å². The van der Waals surface area contributed by atoms with Gasteiger partial charge in [0.05, 0.1) is 5.56 Å². The van der Waals surface area contributed by atoms with Crippen molar-refractivity contribution in [3.8, 4) is 0 Å². The lowest BCUT2D eigenvalue weighted by Gasteiger charge is -2.19. The molecule has 1 saturated carbocycles. The van der Waals surface area contributed by atoms with Crippen molar-refractivity contribution in [1.82, 2.24) is 5.32 Å². The molecule has 0 aliphatic heterocycles. The molecule has 2 rings (SSSR count). The smallest absolute Gasteiger partial charge is 0.252 e. The van der Waals surface area contributed by atoms with Gasteiger partial charge >= 0.3 is 0 Å². The molecule has 1 aliphatic carbocycles. The fourth-order valence-electron chi connectivity index (χ4n) is 2.33. The molecule has 2 nitrogen and oxygen atoms in total. The van der Waals surface area contributed by atoms with Crippen molar-refractivity contribution in [2.75, 3.05) is 5.33 Å². The minimum atomic E-state index is -0.0141. The maximum absolute atomic E-state index is 12.2. The highest BCUT2D eigenvalue weighted by atomic mass is 127. The Balaban J connectivity index is 2.09. The van der Waals surface area contributed by atoms with E-state index >= 15 is 0 Å². The summed E-state index contributed by atoms with van der Waals surface area (Å²) in [7, 11) is 0. The molecular formula is C13H14BrClINO. The summed E-state index contributed by atoms with van der Waals surface area (Å²) < 4.78 is 0.933. The average Bonchev–Trinajstić information content (AvgIpc) is 2.79. The van der Waals surface area contributed by atoms with Crippen LogP contribution < -0.4 is 5.32 Å². The van der Waals surface area contributed by atoms with E-state index < -0.39 is 0 Å². The number of hydrogen-bond acceptors (Lipinski definition) is 1. The van der Waals surface area contributed by atoms with Crippen molar-refractivity contribution in [3.63, 3.8) is 0 Å². The van der Waals surface area contributed by atoms with Crippen LogP contribution >= 0.6 is 50.1 Å². The average molecular weight is 443 g/mol. The Morgan fingerprint density at radius 3 is 3.00 bits per heavy atom. The number of alkyl halides is 1. The van der Waals surface area contributed by atoms with Crippen molar-refractivity contribution >= 4 is 56.0 Å². The fraction of sp³-hybridized carbons (Fsp3) is 0.462. The molecule has 0 heterocycles. The van der Waals surface area contributed by atoms with Gasteiger partial charge < -0.3 is 5.32 Å². The van der Waals surface area contributed by atoms with Crippen LogP contribution in [0.5, 0.6) is 0 Å². The lowest BCUT2D eigenvalue weighted by Crippen LogP contribution is -2.38. The third-order valence-corrected chi connectivity index (χ3v) is 5.35. The second-order valence-corrected chi connectivity index (χ2v) is 6.80. The summed E-state index contributed by atoms with van der Waals surface area (Å²) in [5, 5.41) is 4.68. The largest absolute Gasteiger partial charge is 0.349 e. The standard InChI is InChI=1S/C13H14BrClINO/c14-7-8-2-1-3-12(8)17-13(18)10-6-9(15)4-5-11(10)16/h4-6,8,12H,1-3,7H2,(H,17,18). The summed E-state index contributed by atoms with van der Waals surface area (Å²) in [6.07, 6.45) is 3.44. The molecule has 98 valence electrons. The van der Waals surface area contributed by atoms with Crippen molar-refractivity contribution in [3.05, 3.63) is 32.4 Å². The molecule has 1 aliphatic rings. The molecule has 0 saturated heterocycles. The second-order valence-electron chi connectivity index (χ2n) is 4.55. The van der Waals surface area contributed by atoms with E-state index in [0.29, 0.717) is 16.5 Å². The zero-order valence-electron chi connectivity index (χ0n) is 9.76. The predicted octanol–water partition coefficient (Wildman–Crippen LogP) is 4.24. The number of hydrogen-bond donors (Lipinski definition) is 1. The van der Waals surface area contributed by atoms with E-state index in [1.54, 1.807) is 12.1 Å². The fourth-order valence-corrected chi connectivity index (χ4v) is 3.86. The number of carbonyl (C=O) groups is 1. The molecule has 0 bridgehead atoms. The van der Waals surface area contributed by atoms with Gasteiger partial charge in [-0.3, -0.25) is 4.79 Å². The molecule has 0 aromatic heterocycles. The van der Waals surface area contributed by atoms with Crippen LogP contribution in [0.1, 0.15) is 29.6 Å². The molecule has 1 N–H and O–H groups in total. The highest BCUT2D eigenvalue weighted by molar-refractivity contribution is 14.1. The first-order valence-corrected chi connectivity index (χ1v) is 8.51. The van der Waals surface area contributed by atoms with Gasteiger partial charge in [-0.05, 0) is 59.5 Å². The first-order chi connectivity index (χ1) is 8.61. The molecule has 2 unspecified atom stereocenters. The van der Waals surface area contributed by atoms with E-state index in [-0.39, 0.29) is 11.9 Å². The minimum absolute atomic E-state index is 0.0141. The Labute approximate surface area is 134 Å². The van der Waals surface area contributed by atoms with Gasteiger partial charge in [0.1, 0.15) is 0 Å². The molecule has 1 aromatic rings. The zero-order valence-corrected chi connectivity index (χ0v) is 14.3. The Bertz CT molecular complexity index is 455. The van der Waals surface area contributed by atoms with Crippen LogP contribution in [0.3, 0.4) is 0 Å². The number of carbonyl (C=O) groups excluding carboxylic acids is 1. The zero-order chi connectivity index (χ0) is 13.1. The van der Waals surface area contributed by atoms with Gasteiger partial charge in [-0.15, -0.1) is 0 Å². The van der Waals surface area contributed by atoms with Gasteiger partial charge in [0.15, 0.2) is 0 Å². The molecule has 0 radical (unpaired) electrons. The number of benzene rings is 1. The summed E-state index contributed by atoms with van der Waals surface area (Å²) in [6, 6.07) is 5.69. The quantitative estimate of drug-likeness (QED) is 0.551. The van der Waals surface area contributed by atoms with Gasteiger partial charge in [-0.2, -0.15) is 0 Å². The number of nitrogens with one attached hydrogen (secondary N) is 1. The van der Waals surface area contributed by atoms with Crippen LogP contribution in [0.2, 0.25) is 5.02 Å². The summed E-state index contributed by atoms with van der Waals surface area (Å²) >= 11 is 11.6. The van der Waals surface area contributed by atoms with Crippen molar-refractivity contribution < 1.29 is 4.79 Å². The SMILES string of the molecule is O=C(NC1CCCC1CBr)c1cc(Cl)ccc1I. The molecular weight excluding hydrogens is 428 g/mol. The number of amides is 1. The number of halogens is 3. The molecule has 1 fully saturated rings. The minimum Gasteiger partial charge on any atom is -0.349 e. The van der Waals surface area contributed by atoms with Crippen molar-refractivity contribution in [1.29, 1.82) is 0 Å². The third-order valence-electron chi connectivity index (χ3n) is 3.35. The Hall–Kier alpha value is 0.190. The van der Waals surface area contributed by atoms with Crippen LogP contribution in [-0.4, -0.2) is 17.3 Å². The molecule has 0 spiro atoms. The maximum Gasteiger partial charge on any atom is 0.252 e. The summed E-state index contributed by atoms with van der Waals surface area (Å²) in [6.45, 7) is 0. The van der Waals surface area contributed by atoms with E-state index in [0.717, 1.165) is 15.3 Å². The lowest BCUT2D eigenvalue weighted by molar-refractivity contribution is 0.0929. The van der Waals surface area contributed by atoms with Crippen LogP contribution in [0.4, 0.5) is 0 Å². The molecule has 5 heteroatoms. The molecule has 2 atom stereocenters. The second kappa shape index (κ2) is 6.57. The highest BCUT2D eigenvalue weighted by Gasteiger charge is 2.28. The van der Waals surface area contributed by atoms with Gasteiger partial charge in [-0.25, -0.2) is 0 Å². The van der Waals surface area contributed by atoms with Gasteiger partial charge in [0.2, 0.25) is 0 Å². The highest BCUT2D eigenvalue weighted by Crippen LogP contribution is 2.28. The number of rotatable bonds is 3. The van der Waals surface area contributed by atoms with Crippen molar-refractivity contribution in [2.45, 2.75) is 25.3 Å². The molecule has 1 aromatic carbocycles. The molecule has 1 amide bonds. The van der Waals surface area contributed by atoms with Crippen LogP contribution in [0.15, 0.2) is 18.2 Å². The van der Waals surface area contributed by atoms with Gasteiger partial charge in [0, 0.05) is 20.0 Å². The maximum atomic E-state index is 12.2. The van der Waals surface area contributed by atoms with Gasteiger partial charge in [-0.1, -0.05) is 34.0 Å². The third kappa shape index (κ3) is 3.39. The van der Waals surface area contributed by atoms with E-state index in [9.17, 15) is 4.79 Å². The van der Waals surface area contributed by atoms with E-state index in [2.05, 4.69) is 43.8 Å².